The monoisotopic (exact) mass is 1470 g/mol. The largest absolute Gasteiger partial charge is 0.508 e. The lowest BCUT2D eigenvalue weighted by atomic mass is 9.99. The highest BCUT2D eigenvalue weighted by Gasteiger charge is 2.38. The Balaban J connectivity index is 1.69. The molecule has 104 heavy (non-hydrogen) atoms. The molecule has 566 valence electrons. The molecule has 23 N–H and O–H groups in total. The number of primary amides is 1. The van der Waals surface area contributed by atoms with E-state index in [1.165, 1.54) is 97.1 Å². The van der Waals surface area contributed by atoms with Crippen LogP contribution in [0.3, 0.4) is 0 Å². The van der Waals surface area contributed by atoms with E-state index in [1.54, 1.807) is 27.7 Å². The minimum atomic E-state index is -2.23. The Hall–Kier alpha value is -11.1. The van der Waals surface area contributed by atoms with E-state index in [-0.39, 0.29) is 83.8 Å². The first-order valence-corrected chi connectivity index (χ1v) is 33.8. The van der Waals surface area contributed by atoms with Crippen molar-refractivity contribution >= 4 is 95.5 Å². The predicted molar refractivity (Wildman–Crippen MR) is 376 cm³/mol. The van der Waals surface area contributed by atoms with E-state index in [9.17, 15) is 103 Å². The Morgan fingerprint density at radius 2 is 0.596 bits per heavy atom. The molecule has 4 aromatic rings. The number of carbonyl (C=O) groups excluding carboxylic acids is 11. The highest BCUT2D eigenvalue weighted by Crippen LogP contribution is 2.19. The zero-order valence-electron chi connectivity index (χ0n) is 57.7. The van der Waals surface area contributed by atoms with Gasteiger partial charge in [-0.2, -0.15) is 12.6 Å². The molecule has 34 nitrogen and oxygen atoms in total. The number of carbonyl (C=O) groups is 14. The van der Waals surface area contributed by atoms with Crippen LogP contribution in [-0.4, -0.2) is 197 Å². The Morgan fingerprint density at radius 1 is 0.356 bits per heavy atom. The molecule has 0 aromatic heterocycles. The molecule has 0 aliphatic rings. The van der Waals surface area contributed by atoms with Crippen molar-refractivity contribution in [2.45, 2.75) is 171 Å². The molecule has 0 spiro atoms. The summed E-state index contributed by atoms with van der Waals surface area (Å²) in [5.41, 5.74) is 18.6. The fourth-order valence-corrected chi connectivity index (χ4v) is 10.7. The van der Waals surface area contributed by atoms with Gasteiger partial charge in [-0.15, -0.1) is 0 Å². The Morgan fingerprint density at radius 3 is 0.846 bits per heavy atom. The molecular formula is C69H93N13O21S. The van der Waals surface area contributed by atoms with E-state index in [2.05, 4.69) is 65.8 Å². The number of carboxylic acids is 3. The first-order chi connectivity index (χ1) is 49.0. The second-order valence-electron chi connectivity index (χ2n) is 25.6. The van der Waals surface area contributed by atoms with Crippen LogP contribution in [0, 0.1) is 11.8 Å². The first kappa shape index (κ1) is 85.3. The first-order valence-electron chi connectivity index (χ1n) is 33.2. The number of benzene rings is 4. The van der Waals surface area contributed by atoms with Gasteiger partial charge in [0.25, 0.3) is 0 Å². The summed E-state index contributed by atoms with van der Waals surface area (Å²) in [6.07, 6.45) is -3.94. The van der Waals surface area contributed by atoms with Gasteiger partial charge < -0.3 is 106 Å². The van der Waals surface area contributed by atoms with Gasteiger partial charge in [-0.1, -0.05) is 82.6 Å². The molecular weight excluding hydrogens is 1380 g/mol. The molecule has 0 heterocycles. The van der Waals surface area contributed by atoms with Crippen LogP contribution in [0.5, 0.6) is 23.0 Å². The maximum absolute atomic E-state index is 14.9. The van der Waals surface area contributed by atoms with Crippen LogP contribution in [0.2, 0.25) is 0 Å². The van der Waals surface area contributed by atoms with Crippen LogP contribution in [0.1, 0.15) is 101 Å². The van der Waals surface area contributed by atoms with Crippen LogP contribution in [-0.2, 0) is 92.8 Å². The molecule has 0 aliphatic carbocycles. The molecule has 0 aliphatic heterocycles. The van der Waals surface area contributed by atoms with E-state index in [0.29, 0.717) is 30.5 Å². The summed E-state index contributed by atoms with van der Waals surface area (Å²) in [6.45, 7) is 7.17. The molecule has 35 heteroatoms. The Labute approximate surface area is 604 Å². The zero-order chi connectivity index (χ0) is 77.5. The molecule has 0 bridgehead atoms. The number of thiol groups is 1. The highest BCUT2D eigenvalue weighted by atomic mass is 32.1. The third-order valence-electron chi connectivity index (χ3n) is 15.9. The lowest BCUT2D eigenvalue weighted by molar-refractivity contribution is -0.142. The summed E-state index contributed by atoms with van der Waals surface area (Å²) in [5, 5.41) is 93.9. The van der Waals surface area contributed by atoms with E-state index >= 15 is 0 Å². The number of hydrogen-bond donors (Lipinski definition) is 21. The summed E-state index contributed by atoms with van der Waals surface area (Å²) < 4.78 is 0. The number of nitrogens with two attached hydrogens (primary N) is 3. The molecule has 0 radical (unpaired) electrons. The summed E-state index contributed by atoms with van der Waals surface area (Å²) in [7, 11) is 0. The molecule has 0 unspecified atom stereocenters. The van der Waals surface area contributed by atoms with Gasteiger partial charge in [-0.05, 0) is 115 Å². The molecule has 4 aromatic carbocycles. The van der Waals surface area contributed by atoms with Gasteiger partial charge >= 0.3 is 17.9 Å². The van der Waals surface area contributed by atoms with E-state index in [1.807, 2.05) is 0 Å². The molecule has 0 saturated heterocycles. The lowest BCUT2D eigenvalue weighted by Crippen LogP contribution is -2.61. The number of phenols is 4. The molecule has 4 rings (SSSR count). The van der Waals surface area contributed by atoms with E-state index in [4.69, 9.17) is 17.2 Å². The average Bonchev–Trinajstić information content (AvgIpc) is 0.858. The molecule has 11 amide bonds. The predicted octanol–water partition coefficient (Wildman–Crippen LogP) is -1.98. The van der Waals surface area contributed by atoms with Crippen LogP contribution < -0.4 is 70.4 Å². The van der Waals surface area contributed by atoms with Gasteiger partial charge in [0.1, 0.15) is 83.4 Å². The van der Waals surface area contributed by atoms with Gasteiger partial charge in [0.2, 0.25) is 65.0 Å². The second kappa shape index (κ2) is 42.4. The number of unbranched alkanes of at least 4 members (excludes halogenated alkanes) is 1. The van der Waals surface area contributed by atoms with Crippen LogP contribution in [0.25, 0.3) is 0 Å². The molecule has 0 saturated carbocycles. The zero-order valence-corrected chi connectivity index (χ0v) is 58.6. The SMILES string of the molecule is CC(C)C[C@H](NC(=O)[C@H](Cc1ccc(O)cc1)NC(=O)[C@H](CC(=O)O)NC(=O)[C@H](CC(N)=O)NC(=O)[C@H](CC(=O)O)NC(=O)[C@H](Cc1ccc(O)cc1)NC(=O)[C@H](Cc1ccc(O)cc1)NC(=O)[C@H](CC(C)C)NC(=O)[C@H](Cc1ccc(O)cc1)NC(=O)[C@@H](N)CCCCN)C(=O)N[C@@H](CS)C(=O)O. The third-order valence-corrected chi connectivity index (χ3v) is 16.2. The van der Waals surface area contributed by atoms with Crippen molar-refractivity contribution in [3.8, 4) is 23.0 Å². The average molecular weight is 1470 g/mol. The fraction of sp³-hybridized carbons (Fsp3) is 0.449. The summed E-state index contributed by atoms with van der Waals surface area (Å²) in [6, 6.07) is 2.85. The van der Waals surface area contributed by atoms with Gasteiger partial charge in [-0.25, -0.2) is 4.79 Å². The number of rotatable bonds is 44. The smallest absolute Gasteiger partial charge is 0.327 e. The Kier molecular flexibility index (Phi) is 34.8. The number of nitrogens with one attached hydrogen (secondary N) is 10. The van der Waals surface area contributed by atoms with Crippen molar-refractivity contribution in [1.82, 2.24) is 53.2 Å². The van der Waals surface area contributed by atoms with E-state index in [0.717, 1.165) is 0 Å². The van der Waals surface area contributed by atoms with Gasteiger partial charge in [0.15, 0.2) is 0 Å². The number of phenolic OH excluding ortho intramolecular Hbond substituents is 4. The standard InChI is InChI=1S/C69H93N13O21S/c1-35(2)25-46(74-62(95)48(27-37-8-16-41(83)17-9-37)73-59(92)45(71)7-5-6-24-70)60(93)76-50(29-39-12-20-43(85)21-13-39)64(97)77-51(30-40-14-22-44(86)23-15-40)65(98)80-54(33-58(90)91)68(101)79-52(31-56(72)87)66(99)81-53(32-57(88)89)67(100)78-49(28-38-10-18-42(84)19-11-38)63(96)75-47(26-36(3)4)61(94)82-55(34-104)69(102)103/h8-23,35-36,45-55,83-86,104H,5-7,24-34,70-71H2,1-4H3,(H2,72,87)(H,73,92)(H,74,95)(H,75,96)(H,76,93)(H,77,97)(H,78,100)(H,79,101)(H,80,98)(H,81,99)(H,82,94)(H,88,89)(H,90,91)(H,102,103)/t45-,46-,47-,48-,49-,50-,51-,52-,53-,54-,55-/m0/s1. The van der Waals surface area contributed by atoms with Crippen LogP contribution in [0.4, 0.5) is 0 Å². The summed E-state index contributed by atoms with van der Waals surface area (Å²) in [4.78, 5) is 192. The minimum absolute atomic E-state index is 0.0620. The third kappa shape index (κ3) is 30.2. The van der Waals surface area contributed by atoms with Crippen molar-refractivity contribution in [2.24, 2.45) is 29.0 Å². The van der Waals surface area contributed by atoms with Crippen molar-refractivity contribution in [2.75, 3.05) is 12.3 Å². The summed E-state index contributed by atoms with van der Waals surface area (Å²) >= 11 is 3.96. The maximum atomic E-state index is 14.9. The van der Waals surface area contributed by atoms with Crippen molar-refractivity contribution in [1.29, 1.82) is 0 Å². The maximum Gasteiger partial charge on any atom is 0.327 e. The molecule has 11 atom stereocenters. The van der Waals surface area contributed by atoms with Gasteiger partial charge in [0.05, 0.1) is 25.3 Å². The normalized spacial score (nSPS) is 14.3. The van der Waals surface area contributed by atoms with Crippen LogP contribution in [0.15, 0.2) is 97.1 Å². The molecule has 0 fully saturated rings. The van der Waals surface area contributed by atoms with Crippen molar-refractivity contribution in [3.63, 3.8) is 0 Å². The Bertz CT molecular complexity index is 3620. The van der Waals surface area contributed by atoms with E-state index < -0.39 is 181 Å². The number of hydrogen-bond acceptors (Lipinski definition) is 21. The number of aliphatic carboxylic acids is 3. The van der Waals surface area contributed by atoms with Gasteiger partial charge in [0, 0.05) is 31.4 Å². The number of carboxylic acid groups (broad SMARTS) is 3. The van der Waals surface area contributed by atoms with Crippen LogP contribution >= 0.6 is 12.6 Å². The minimum Gasteiger partial charge on any atom is -0.508 e. The second-order valence-corrected chi connectivity index (χ2v) is 26.0. The lowest BCUT2D eigenvalue weighted by Gasteiger charge is -2.28. The quantitative estimate of drug-likeness (QED) is 0.0168. The topological polar surface area (TPSA) is 579 Å². The highest BCUT2D eigenvalue weighted by molar-refractivity contribution is 7.80. The van der Waals surface area contributed by atoms with Crippen molar-refractivity contribution in [3.05, 3.63) is 119 Å². The van der Waals surface area contributed by atoms with Crippen molar-refractivity contribution < 1.29 is 103 Å². The fourth-order valence-electron chi connectivity index (χ4n) is 10.4. The number of amides is 11. The van der Waals surface area contributed by atoms with Gasteiger partial charge in [-0.3, -0.25) is 62.3 Å². The summed E-state index contributed by atoms with van der Waals surface area (Å²) in [5.74, 6) is -19.2. The number of aromatic hydroxyl groups is 4.